The van der Waals surface area contributed by atoms with Crippen molar-refractivity contribution in [2.75, 3.05) is 6.54 Å². The van der Waals surface area contributed by atoms with Crippen LogP contribution >= 0.6 is 0 Å². The molecule has 4 nitrogen and oxygen atoms in total. The van der Waals surface area contributed by atoms with Crippen molar-refractivity contribution in [2.45, 2.75) is 52.2 Å². The van der Waals surface area contributed by atoms with Gasteiger partial charge in [-0.25, -0.2) is 0 Å². The first kappa shape index (κ1) is 13.2. The van der Waals surface area contributed by atoms with Gasteiger partial charge in [-0.05, 0) is 26.3 Å². The van der Waals surface area contributed by atoms with Crippen molar-refractivity contribution in [3.63, 3.8) is 0 Å². The lowest BCUT2D eigenvalue weighted by atomic mass is 9.92. The predicted octanol–water partition coefficient (Wildman–Crippen LogP) is 1.24. The summed E-state index contributed by atoms with van der Waals surface area (Å²) < 4.78 is 1.94. The van der Waals surface area contributed by atoms with Crippen molar-refractivity contribution in [3.8, 4) is 0 Å². The third-order valence-corrected chi connectivity index (χ3v) is 2.89. The molecule has 0 saturated carbocycles. The van der Waals surface area contributed by atoms with Gasteiger partial charge in [0.2, 0.25) is 0 Å². The molecule has 0 bridgehead atoms. The van der Waals surface area contributed by atoms with Crippen molar-refractivity contribution in [1.82, 2.24) is 9.78 Å². The van der Waals surface area contributed by atoms with Gasteiger partial charge in [-0.2, -0.15) is 5.10 Å². The molecule has 0 radical (unpaired) electrons. The SMILES string of the molecule is CCCC(O)(CN)Cc1cc(C)nn1CC. The van der Waals surface area contributed by atoms with Crippen LogP contribution in [0, 0.1) is 6.92 Å². The maximum atomic E-state index is 10.3. The molecule has 0 amide bonds. The van der Waals surface area contributed by atoms with Crippen molar-refractivity contribution in [1.29, 1.82) is 0 Å². The smallest absolute Gasteiger partial charge is 0.0824 e. The minimum Gasteiger partial charge on any atom is -0.388 e. The van der Waals surface area contributed by atoms with Gasteiger partial charge in [0.25, 0.3) is 0 Å². The Morgan fingerprint density at radius 1 is 1.50 bits per heavy atom. The monoisotopic (exact) mass is 225 g/mol. The first-order chi connectivity index (χ1) is 7.54. The fraction of sp³-hybridized carbons (Fsp3) is 0.750. The zero-order chi connectivity index (χ0) is 12.2. The summed E-state index contributed by atoms with van der Waals surface area (Å²) in [7, 11) is 0. The molecule has 3 N–H and O–H groups in total. The van der Waals surface area contributed by atoms with Crippen molar-refractivity contribution in [3.05, 3.63) is 17.5 Å². The number of aryl methyl sites for hydroxylation is 2. The Balaban J connectivity index is 2.84. The lowest BCUT2D eigenvalue weighted by Crippen LogP contribution is -2.40. The van der Waals surface area contributed by atoms with Crippen LogP contribution in [0.15, 0.2) is 6.07 Å². The number of hydrogen-bond donors (Lipinski definition) is 2. The zero-order valence-electron chi connectivity index (χ0n) is 10.5. The van der Waals surface area contributed by atoms with Crippen LogP contribution in [0.5, 0.6) is 0 Å². The largest absolute Gasteiger partial charge is 0.388 e. The van der Waals surface area contributed by atoms with Crippen LogP contribution in [0.2, 0.25) is 0 Å². The summed E-state index contributed by atoms with van der Waals surface area (Å²) in [4.78, 5) is 0. The lowest BCUT2D eigenvalue weighted by Gasteiger charge is -2.26. The van der Waals surface area contributed by atoms with E-state index in [-0.39, 0.29) is 0 Å². The summed E-state index contributed by atoms with van der Waals surface area (Å²) in [5.41, 5.74) is 6.94. The van der Waals surface area contributed by atoms with Gasteiger partial charge >= 0.3 is 0 Å². The summed E-state index contributed by atoms with van der Waals surface area (Å²) in [6, 6.07) is 2.03. The van der Waals surface area contributed by atoms with Crippen molar-refractivity contribution in [2.24, 2.45) is 5.73 Å². The van der Waals surface area contributed by atoms with Crippen LogP contribution in [0.3, 0.4) is 0 Å². The first-order valence-corrected chi connectivity index (χ1v) is 6.00. The van der Waals surface area contributed by atoms with E-state index in [0.29, 0.717) is 13.0 Å². The van der Waals surface area contributed by atoms with Gasteiger partial charge in [-0.3, -0.25) is 4.68 Å². The molecule has 0 saturated heterocycles. The van der Waals surface area contributed by atoms with Gasteiger partial charge in [-0.1, -0.05) is 13.3 Å². The minimum absolute atomic E-state index is 0.300. The Morgan fingerprint density at radius 3 is 2.69 bits per heavy atom. The number of aliphatic hydroxyl groups is 1. The standard InChI is InChI=1S/C12H23N3O/c1-4-6-12(16,9-13)8-11-7-10(3)14-15(11)5-2/h7,16H,4-6,8-9,13H2,1-3H3. The number of nitrogens with zero attached hydrogens (tertiary/aromatic N) is 2. The summed E-state index contributed by atoms with van der Waals surface area (Å²) in [6.07, 6.45) is 2.26. The molecule has 0 aliphatic carbocycles. The number of nitrogens with two attached hydrogens (primary N) is 1. The second kappa shape index (κ2) is 5.46. The first-order valence-electron chi connectivity index (χ1n) is 6.00. The van der Waals surface area contributed by atoms with Crippen molar-refractivity contribution < 1.29 is 5.11 Å². The van der Waals surface area contributed by atoms with Gasteiger partial charge in [0.15, 0.2) is 0 Å². The molecular formula is C12H23N3O. The Hall–Kier alpha value is -0.870. The van der Waals surface area contributed by atoms with Gasteiger partial charge in [0.1, 0.15) is 0 Å². The molecule has 4 heteroatoms. The second-order valence-corrected chi connectivity index (χ2v) is 4.45. The summed E-state index contributed by atoms with van der Waals surface area (Å²) in [5, 5.41) is 14.7. The lowest BCUT2D eigenvalue weighted by molar-refractivity contribution is 0.0379. The van der Waals surface area contributed by atoms with E-state index in [9.17, 15) is 5.11 Å². The van der Waals surface area contributed by atoms with E-state index in [1.807, 2.05) is 17.7 Å². The van der Waals surface area contributed by atoms with Crippen LogP contribution in [-0.4, -0.2) is 27.0 Å². The van der Waals surface area contributed by atoms with E-state index in [1.165, 1.54) is 0 Å². The maximum Gasteiger partial charge on any atom is 0.0824 e. The highest BCUT2D eigenvalue weighted by molar-refractivity contribution is 5.12. The van der Waals surface area contributed by atoms with Gasteiger partial charge in [-0.15, -0.1) is 0 Å². The average Bonchev–Trinajstić information content (AvgIpc) is 2.59. The van der Waals surface area contributed by atoms with Gasteiger partial charge in [0, 0.05) is 25.2 Å². The fourth-order valence-electron chi connectivity index (χ4n) is 2.08. The summed E-state index contributed by atoms with van der Waals surface area (Å²) in [5.74, 6) is 0. The van der Waals surface area contributed by atoms with Crippen LogP contribution in [0.4, 0.5) is 0 Å². The highest BCUT2D eigenvalue weighted by Crippen LogP contribution is 2.19. The Labute approximate surface area is 97.5 Å². The molecule has 16 heavy (non-hydrogen) atoms. The van der Waals surface area contributed by atoms with E-state index in [2.05, 4.69) is 18.9 Å². The molecule has 0 aliphatic heterocycles. The molecule has 92 valence electrons. The van der Waals surface area contributed by atoms with Crippen LogP contribution in [0.1, 0.15) is 38.1 Å². The fourth-order valence-corrected chi connectivity index (χ4v) is 2.08. The van der Waals surface area contributed by atoms with Crippen LogP contribution < -0.4 is 5.73 Å². The highest BCUT2D eigenvalue weighted by Gasteiger charge is 2.26. The molecule has 0 fully saturated rings. The molecule has 1 aromatic rings. The van der Waals surface area contributed by atoms with Crippen LogP contribution in [0.25, 0.3) is 0 Å². The Kier molecular flexibility index (Phi) is 4.50. The molecule has 1 aromatic heterocycles. The molecule has 1 heterocycles. The Bertz CT molecular complexity index is 335. The average molecular weight is 225 g/mol. The second-order valence-electron chi connectivity index (χ2n) is 4.45. The number of rotatable bonds is 6. The molecule has 1 atom stereocenters. The minimum atomic E-state index is -0.784. The summed E-state index contributed by atoms with van der Waals surface area (Å²) in [6.45, 7) is 7.21. The van der Waals surface area contributed by atoms with Gasteiger partial charge in [0.05, 0.1) is 11.3 Å². The van der Waals surface area contributed by atoms with Gasteiger partial charge < -0.3 is 10.8 Å². The molecular weight excluding hydrogens is 202 g/mol. The quantitative estimate of drug-likeness (QED) is 0.765. The number of hydrogen-bond acceptors (Lipinski definition) is 3. The zero-order valence-corrected chi connectivity index (χ0v) is 10.5. The third kappa shape index (κ3) is 3.06. The highest BCUT2D eigenvalue weighted by atomic mass is 16.3. The maximum absolute atomic E-state index is 10.3. The molecule has 0 aromatic carbocycles. The number of aromatic nitrogens is 2. The van der Waals surface area contributed by atoms with Crippen molar-refractivity contribution >= 4 is 0 Å². The van der Waals surface area contributed by atoms with Crippen LogP contribution in [-0.2, 0) is 13.0 Å². The molecule has 1 unspecified atom stereocenters. The Morgan fingerprint density at radius 2 is 2.19 bits per heavy atom. The normalized spacial score (nSPS) is 15.1. The molecule has 0 spiro atoms. The van der Waals surface area contributed by atoms with E-state index in [1.54, 1.807) is 0 Å². The molecule has 0 aliphatic rings. The molecule has 1 rings (SSSR count). The third-order valence-electron chi connectivity index (χ3n) is 2.89. The van der Waals surface area contributed by atoms with E-state index in [4.69, 9.17) is 5.73 Å². The van der Waals surface area contributed by atoms with E-state index in [0.717, 1.165) is 30.8 Å². The van der Waals surface area contributed by atoms with E-state index < -0.39 is 5.60 Å². The predicted molar refractivity (Wildman–Crippen MR) is 65.3 cm³/mol. The summed E-state index contributed by atoms with van der Waals surface area (Å²) >= 11 is 0. The van der Waals surface area contributed by atoms with E-state index >= 15 is 0 Å². The topological polar surface area (TPSA) is 64.1 Å².